The zero-order valence-electron chi connectivity index (χ0n) is 19.8. The quantitative estimate of drug-likeness (QED) is 0.274. The molecule has 9 nitrogen and oxygen atoms in total. The first-order chi connectivity index (χ1) is 17.8. The maximum absolute atomic E-state index is 13.3. The molecule has 0 bridgehead atoms. The minimum absolute atomic E-state index is 0.0588. The van der Waals surface area contributed by atoms with Crippen molar-refractivity contribution < 1.29 is 17.7 Å². The molecule has 0 aliphatic rings. The van der Waals surface area contributed by atoms with Crippen LogP contribution in [-0.4, -0.2) is 41.6 Å². The molecule has 5 aromatic rings. The monoisotopic (exact) mass is 556 g/mol. The van der Waals surface area contributed by atoms with Crippen LogP contribution in [0.3, 0.4) is 0 Å². The van der Waals surface area contributed by atoms with Crippen molar-refractivity contribution >= 4 is 43.2 Å². The number of hydrogen-bond acceptors (Lipinski definition) is 8. The Hall–Kier alpha value is -3.51. The summed E-state index contributed by atoms with van der Waals surface area (Å²) in [6, 6.07) is 19.0. The summed E-state index contributed by atoms with van der Waals surface area (Å²) in [6.45, 7) is 0.172. The van der Waals surface area contributed by atoms with Gasteiger partial charge >= 0.3 is 4.87 Å². The number of halogens is 1. The van der Waals surface area contributed by atoms with E-state index >= 15 is 0 Å². The first-order valence-corrected chi connectivity index (χ1v) is 13.7. The van der Waals surface area contributed by atoms with Gasteiger partial charge in [0, 0.05) is 17.6 Å². The van der Waals surface area contributed by atoms with Crippen LogP contribution in [0.1, 0.15) is 11.5 Å². The van der Waals surface area contributed by atoms with E-state index in [1.807, 2.05) is 18.2 Å². The molecule has 0 fully saturated rings. The van der Waals surface area contributed by atoms with Gasteiger partial charge in [0.15, 0.2) is 0 Å². The molecule has 37 heavy (non-hydrogen) atoms. The Labute approximate surface area is 221 Å². The fraction of sp³-hybridized carbons (Fsp3) is 0.160. The highest BCUT2D eigenvalue weighted by Gasteiger charge is 2.24. The second-order valence-corrected chi connectivity index (χ2v) is 11.6. The van der Waals surface area contributed by atoms with Gasteiger partial charge in [0.05, 0.1) is 35.3 Å². The highest BCUT2D eigenvalue weighted by atomic mass is 35.5. The van der Waals surface area contributed by atoms with E-state index in [1.54, 1.807) is 48.1 Å². The van der Waals surface area contributed by atoms with Crippen molar-refractivity contribution in [2.24, 2.45) is 0 Å². The van der Waals surface area contributed by atoms with E-state index in [4.69, 9.17) is 20.9 Å². The molecule has 2 heterocycles. The lowest BCUT2D eigenvalue weighted by Gasteiger charge is -2.15. The smallest absolute Gasteiger partial charge is 0.308 e. The van der Waals surface area contributed by atoms with Crippen molar-refractivity contribution in [3.05, 3.63) is 92.9 Å². The predicted octanol–water partition coefficient (Wildman–Crippen LogP) is 4.64. The summed E-state index contributed by atoms with van der Waals surface area (Å²) in [5, 5.41) is 4.51. The summed E-state index contributed by atoms with van der Waals surface area (Å²) < 4.78 is 40.3. The minimum Gasteiger partial charge on any atom is -0.497 e. The van der Waals surface area contributed by atoms with Crippen molar-refractivity contribution in [3.63, 3.8) is 0 Å². The second kappa shape index (κ2) is 10.1. The van der Waals surface area contributed by atoms with Crippen LogP contribution in [0.4, 0.5) is 0 Å². The minimum atomic E-state index is -3.90. The van der Waals surface area contributed by atoms with Crippen LogP contribution in [0.5, 0.6) is 5.75 Å². The summed E-state index contributed by atoms with van der Waals surface area (Å²) in [4.78, 5) is 16.9. The number of ether oxygens (including phenoxy) is 1. The van der Waals surface area contributed by atoms with Gasteiger partial charge in [0.2, 0.25) is 21.7 Å². The van der Waals surface area contributed by atoms with Gasteiger partial charge in [-0.25, -0.2) is 8.42 Å². The standard InChI is InChI=1S/C25H21ClN4O5S2/c1-29(15-23-27-24(28-35-23)16-7-9-18(34-2)10-8-16)37(32,33)19-11-12-21-22(13-19)36-25(31)30(21)14-17-5-3-4-6-20(17)26/h3-13H,14-15H2,1-2H3. The van der Waals surface area contributed by atoms with Crippen LogP contribution < -0.4 is 9.61 Å². The largest absolute Gasteiger partial charge is 0.497 e. The van der Waals surface area contributed by atoms with Crippen molar-refractivity contribution in [1.29, 1.82) is 0 Å². The van der Waals surface area contributed by atoms with E-state index in [-0.39, 0.29) is 28.7 Å². The topological polar surface area (TPSA) is 108 Å². The molecule has 0 aliphatic carbocycles. The number of aromatic nitrogens is 3. The average Bonchev–Trinajstić information content (AvgIpc) is 3.49. The first kappa shape index (κ1) is 25.2. The molecule has 0 saturated heterocycles. The lowest BCUT2D eigenvalue weighted by Crippen LogP contribution is -2.26. The van der Waals surface area contributed by atoms with Gasteiger partial charge in [-0.05, 0) is 54.1 Å². The van der Waals surface area contributed by atoms with Crippen LogP contribution >= 0.6 is 22.9 Å². The molecule has 0 unspecified atom stereocenters. The Balaban J connectivity index is 1.37. The van der Waals surface area contributed by atoms with Gasteiger partial charge in [-0.3, -0.25) is 9.36 Å². The molecular formula is C25H21ClN4O5S2. The Morgan fingerprint density at radius 1 is 1.11 bits per heavy atom. The van der Waals surface area contributed by atoms with E-state index in [0.29, 0.717) is 32.4 Å². The van der Waals surface area contributed by atoms with Crippen molar-refractivity contribution in [3.8, 4) is 17.1 Å². The second-order valence-electron chi connectivity index (χ2n) is 8.18. The lowest BCUT2D eigenvalue weighted by atomic mass is 10.2. The molecule has 0 spiro atoms. The van der Waals surface area contributed by atoms with Crippen LogP contribution in [0.25, 0.3) is 21.6 Å². The molecule has 0 saturated carbocycles. The van der Waals surface area contributed by atoms with E-state index in [0.717, 1.165) is 21.2 Å². The predicted molar refractivity (Wildman–Crippen MR) is 142 cm³/mol. The third-order valence-corrected chi connectivity index (χ3v) is 8.92. The molecule has 0 N–H and O–H groups in total. The van der Waals surface area contributed by atoms with Crippen LogP contribution in [-0.2, 0) is 23.1 Å². The number of thiazole rings is 1. The highest BCUT2D eigenvalue weighted by molar-refractivity contribution is 7.89. The molecule has 12 heteroatoms. The molecule has 0 radical (unpaired) electrons. The number of methoxy groups -OCH3 is 1. The number of benzene rings is 3. The molecule has 5 rings (SSSR count). The SMILES string of the molecule is COc1ccc(-c2noc(CN(C)S(=O)(=O)c3ccc4c(c3)sc(=O)n4Cc3ccccc3Cl)n2)cc1. The van der Waals surface area contributed by atoms with Gasteiger partial charge in [0.1, 0.15) is 5.75 Å². The zero-order valence-corrected chi connectivity index (χ0v) is 22.2. The number of hydrogen-bond donors (Lipinski definition) is 0. The first-order valence-electron chi connectivity index (χ1n) is 11.1. The number of sulfonamides is 1. The van der Waals surface area contributed by atoms with E-state index in [2.05, 4.69) is 10.1 Å². The fourth-order valence-corrected chi connectivity index (χ4v) is 6.13. The lowest BCUT2D eigenvalue weighted by molar-refractivity contribution is 0.337. The fourth-order valence-electron chi connectivity index (χ4n) is 3.79. The molecule has 0 atom stereocenters. The van der Waals surface area contributed by atoms with Crippen molar-refractivity contribution in [1.82, 2.24) is 19.0 Å². The summed E-state index contributed by atoms with van der Waals surface area (Å²) in [6.07, 6.45) is 0. The van der Waals surface area contributed by atoms with E-state index < -0.39 is 10.0 Å². The van der Waals surface area contributed by atoms with Gasteiger partial charge in [0.25, 0.3) is 0 Å². The average molecular weight is 557 g/mol. The summed E-state index contributed by atoms with van der Waals surface area (Å²) in [5.41, 5.74) is 2.15. The van der Waals surface area contributed by atoms with Crippen LogP contribution in [0, 0.1) is 0 Å². The van der Waals surface area contributed by atoms with Crippen molar-refractivity contribution in [2.75, 3.05) is 14.2 Å². The Bertz CT molecular complexity index is 1740. The Morgan fingerprint density at radius 2 is 1.86 bits per heavy atom. The van der Waals surface area contributed by atoms with Gasteiger partial charge in [-0.2, -0.15) is 9.29 Å². The molecule has 0 aliphatic heterocycles. The third-order valence-electron chi connectivity index (χ3n) is 5.81. The van der Waals surface area contributed by atoms with Crippen LogP contribution in [0.2, 0.25) is 5.02 Å². The number of rotatable bonds is 8. The highest BCUT2D eigenvalue weighted by Crippen LogP contribution is 2.26. The zero-order chi connectivity index (χ0) is 26.2. The third kappa shape index (κ3) is 5.03. The molecular weight excluding hydrogens is 536 g/mol. The molecule has 3 aromatic carbocycles. The molecule has 0 amide bonds. The van der Waals surface area contributed by atoms with Crippen molar-refractivity contribution in [2.45, 2.75) is 18.0 Å². The Morgan fingerprint density at radius 3 is 2.59 bits per heavy atom. The normalized spacial score (nSPS) is 11.9. The summed E-state index contributed by atoms with van der Waals surface area (Å²) in [7, 11) is -0.891. The van der Waals surface area contributed by atoms with Crippen LogP contribution in [0.15, 0.2) is 80.9 Å². The number of nitrogens with zero attached hydrogens (tertiary/aromatic N) is 4. The molecule has 2 aromatic heterocycles. The van der Waals surface area contributed by atoms with E-state index in [1.165, 1.54) is 19.2 Å². The van der Waals surface area contributed by atoms with Gasteiger partial charge < -0.3 is 9.26 Å². The number of fused-ring (bicyclic) bond motifs is 1. The van der Waals surface area contributed by atoms with Gasteiger partial charge in [-0.1, -0.05) is 46.3 Å². The molecule has 190 valence electrons. The Kier molecular flexibility index (Phi) is 6.86. The maximum atomic E-state index is 13.3. The summed E-state index contributed by atoms with van der Waals surface area (Å²) >= 11 is 7.25. The summed E-state index contributed by atoms with van der Waals surface area (Å²) in [5.74, 6) is 1.18. The maximum Gasteiger partial charge on any atom is 0.308 e. The van der Waals surface area contributed by atoms with E-state index in [9.17, 15) is 13.2 Å². The van der Waals surface area contributed by atoms with Gasteiger partial charge in [-0.15, -0.1) is 0 Å².